The smallest absolute Gasteiger partial charge is 0.323 e. The van der Waals surface area contributed by atoms with Crippen molar-refractivity contribution >= 4 is 23.7 Å². The van der Waals surface area contributed by atoms with Crippen LogP contribution in [0.1, 0.15) is 13.8 Å². The molecule has 1 aromatic rings. The fourth-order valence-corrected chi connectivity index (χ4v) is 2.53. The van der Waals surface area contributed by atoms with Crippen LogP contribution < -0.4 is 10.9 Å². The molecule has 1 N–H and O–H groups in total. The van der Waals surface area contributed by atoms with Crippen LogP contribution in [0, 0.1) is 0 Å². The van der Waals surface area contributed by atoms with Crippen molar-refractivity contribution < 1.29 is 9.63 Å². The molecule has 0 atom stereocenters. The summed E-state index contributed by atoms with van der Waals surface area (Å²) in [7, 11) is 1.45. The molecule has 0 fully saturated rings. The van der Waals surface area contributed by atoms with E-state index in [0.717, 1.165) is 0 Å². The van der Waals surface area contributed by atoms with Gasteiger partial charge in [0.15, 0.2) is 11.0 Å². The summed E-state index contributed by atoms with van der Waals surface area (Å²) in [6.07, 6.45) is 0.920. The van der Waals surface area contributed by atoms with Gasteiger partial charge in [-0.2, -0.15) is 4.98 Å². The van der Waals surface area contributed by atoms with Crippen LogP contribution in [-0.4, -0.2) is 33.3 Å². The summed E-state index contributed by atoms with van der Waals surface area (Å²) in [5, 5.41) is 6.66. The molecule has 8 heteroatoms. The molecule has 0 aliphatic carbocycles. The molecule has 2 heterocycles. The Morgan fingerprint density at radius 2 is 2.33 bits per heavy atom. The van der Waals surface area contributed by atoms with Gasteiger partial charge >= 0.3 is 6.09 Å². The van der Waals surface area contributed by atoms with Crippen molar-refractivity contribution in [1.29, 1.82) is 0 Å². The van der Waals surface area contributed by atoms with Gasteiger partial charge in [0.25, 0.3) is 5.56 Å². The quantitative estimate of drug-likeness (QED) is 0.459. The molecule has 1 aliphatic heterocycles. The van der Waals surface area contributed by atoms with E-state index in [-0.39, 0.29) is 5.56 Å². The second-order valence-corrected chi connectivity index (χ2v) is 5.66. The summed E-state index contributed by atoms with van der Waals surface area (Å²) in [5.74, 6) is 0.513. The van der Waals surface area contributed by atoms with Crippen LogP contribution in [0.2, 0.25) is 0 Å². The minimum absolute atomic E-state index is 0.307. The Hall–Kier alpha value is -1.83. The molecule has 0 bridgehead atoms. The molecule has 2 rings (SSSR count). The lowest BCUT2D eigenvalue weighted by atomic mass is 10.2. The van der Waals surface area contributed by atoms with Gasteiger partial charge in [-0.25, -0.2) is 4.79 Å². The molecule has 18 heavy (non-hydrogen) atoms. The van der Waals surface area contributed by atoms with Gasteiger partial charge < -0.3 is 5.32 Å². The summed E-state index contributed by atoms with van der Waals surface area (Å²) in [4.78, 5) is 30.8. The Labute approximate surface area is 107 Å². The minimum atomic E-state index is -0.647. The SMILES string of the molecule is CNC(=O)ON=C1n2ccc(=O)nc2SC1(C)C. The summed E-state index contributed by atoms with van der Waals surface area (Å²) >= 11 is 1.38. The monoisotopic (exact) mass is 268 g/mol. The number of aromatic nitrogens is 2. The Balaban J connectivity index is 2.41. The first kappa shape index (κ1) is 12.6. The van der Waals surface area contributed by atoms with Gasteiger partial charge in [-0.15, -0.1) is 0 Å². The molecule has 1 aromatic heterocycles. The lowest BCUT2D eigenvalue weighted by Crippen LogP contribution is -2.29. The summed E-state index contributed by atoms with van der Waals surface area (Å²) in [6, 6.07) is 1.33. The third kappa shape index (κ3) is 2.23. The molecular formula is C10H12N4O3S. The van der Waals surface area contributed by atoms with Gasteiger partial charge in [0.2, 0.25) is 0 Å². The van der Waals surface area contributed by atoms with Crippen LogP contribution >= 0.6 is 11.8 Å². The first-order valence-electron chi connectivity index (χ1n) is 5.20. The zero-order valence-corrected chi connectivity index (χ0v) is 10.9. The van der Waals surface area contributed by atoms with Crippen molar-refractivity contribution in [2.45, 2.75) is 23.8 Å². The van der Waals surface area contributed by atoms with E-state index in [1.165, 1.54) is 24.9 Å². The normalized spacial score (nSPS) is 18.5. The number of nitrogens with zero attached hydrogens (tertiary/aromatic N) is 3. The van der Waals surface area contributed by atoms with E-state index < -0.39 is 10.8 Å². The van der Waals surface area contributed by atoms with Gasteiger partial charge in [0, 0.05) is 19.3 Å². The highest BCUT2D eigenvalue weighted by Gasteiger charge is 2.38. The summed E-state index contributed by atoms with van der Waals surface area (Å²) in [5.41, 5.74) is -0.307. The number of rotatable bonds is 1. The molecule has 96 valence electrons. The Bertz CT molecular complexity index is 579. The molecule has 0 spiro atoms. The van der Waals surface area contributed by atoms with E-state index >= 15 is 0 Å². The number of amides is 1. The maximum atomic E-state index is 11.2. The maximum absolute atomic E-state index is 11.2. The van der Waals surface area contributed by atoms with Gasteiger partial charge in [0.05, 0.1) is 4.75 Å². The molecule has 0 unspecified atom stereocenters. The minimum Gasteiger partial charge on any atom is -0.323 e. The topological polar surface area (TPSA) is 85.6 Å². The predicted octanol–water partition coefficient (Wildman–Crippen LogP) is 0.645. The zero-order chi connectivity index (χ0) is 13.3. The van der Waals surface area contributed by atoms with Gasteiger partial charge in [-0.05, 0) is 13.8 Å². The van der Waals surface area contributed by atoms with E-state index in [2.05, 4.69) is 15.5 Å². The third-order valence-corrected chi connectivity index (χ3v) is 3.47. The molecule has 7 nitrogen and oxygen atoms in total. The molecule has 1 aliphatic rings. The number of hydrogen-bond acceptors (Lipinski definition) is 6. The van der Waals surface area contributed by atoms with E-state index in [1.807, 2.05) is 13.8 Å². The molecule has 0 radical (unpaired) electrons. The first-order chi connectivity index (χ1) is 8.44. The number of hydrogen-bond donors (Lipinski definition) is 1. The number of carbonyl (C=O) groups excluding carboxylic acids is 1. The number of thioether (sulfide) groups is 1. The number of nitrogens with one attached hydrogen (secondary N) is 1. The van der Waals surface area contributed by atoms with Crippen LogP contribution in [0.25, 0.3) is 0 Å². The first-order valence-corrected chi connectivity index (χ1v) is 6.02. The number of oxime groups is 1. The van der Waals surface area contributed by atoms with Crippen LogP contribution in [0.4, 0.5) is 4.79 Å². The summed E-state index contributed by atoms with van der Waals surface area (Å²) in [6.45, 7) is 3.81. The predicted molar refractivity (Wildman–Crippen MR) is 66.8 cm³/mol. The number of carbonyl (C=O) groups is 1. The standard InChI is InChI=1S/C10H12N4O3S/c1-10(2)7(13-17-9(16)11-3)14-5-4-6(15)12-8(14)18-10/h4-5H,1-3H3,(H,11,16). The fourth-order valence-electron chi connectivity index (χ4n) is 1.47. The van der Waals surface area contributed by atoms with Crippen LogP contribution in [-0.2, 0) is 4.84 Å². The fraction of sp³-hybridized carbons (Fsp3) is 0.400. The number of fused-ring (bicyclic) bond motifs is 1. The van der Waals surface area contributed by atoms with E-state index in [9.17, 15) is 9.59 Å². The largest absolute Gasteiger partial charge is 0.433 e. The van der Waals surface area contributed by atoms with Gasteiger partial charge in [-0.1, -0.05) is 16.9 Å². The van der Waals surface area contributed by atoms with Crippen LogP contribution in [0.15, 0.2) is 27.4 Å². The second-order valence-electron chi connectivity index (χ2n) is 4.07. The third-order valence-electron chi connectivity index (χ3n) is 2.31. The lowest BCUT2D eigenvalue weighted by molar-refractivity contribution is 0.152. The van der Waals surface area contributed by atoms with Crippen molar-refractivity contribution in [1.82, 2.24) is 14.9 Å². The molecule has 0 aromatic carbocycles. The van der Waals surface area contributed by atoms with Gasteiger partial charge in [0.1, 0.15) is 0 Å². The average molecular weight is 268 g/mol. The van der Waals surface area contributed by atoms with Gasteiger partial charge in [-0.3, -0.25) is 14.2 Å². The summed E-state index contributed by atoms with van der Waals surface area (Å²) < 4.78 is 1.21. The molecule has 0 saturated heterocycles. The lowest BCUT2D eigenvalue weighted by Gasteiger charge is -2.15. The molecular weight excluding hydrogens is 256 g/mol. The molecule has 1 amide bonds. The maximum Gasteiger partial charge on any atom is 0.433 e. The second kappa shape index (κ2) is 4.45. The Morgan fingerprint density at radius 3 is 3.00 bits per heavy atom. The molecule has 0 saturated carbocycles. The zero-order valence-electron chi connectivity index (χ0n) is 10.1. The van der Waals surface area contributed by atoms with Crippen molar-refractivity contribution in [3.8, 4) is 0 Å². The van der Waals surface area contributed by atoms with Crippen molar-refractivity contribution in [3.05, 3.63) is 22.6 Å². The van der Waals surface area contributed by atoms with Crippen LogP contribution in [0.3, 0.4) is 0 Å². The average Bonchev–Trinajstić information content (AvgIpc) is 2.55. The van der Waals surface area contributed by atoms with Crippen molar-refractivity contribution in [2.75, 3.05) is 7.05 Å². The highest BCUT2D eigenvalue weighted by molar-refractivity contribution is 8.01. The Kier molecular flexibility index (Phi) is 3.12. The Morgan fingerprint density at radius 1 is 1.61 bits per heavy atom. The van der Waals surface area contributed by atoms with E-state index in [1.54, 1.807) is 10.8 Å². The highest BCUT2D eigenvalue weighted by Crippen LogP contribution is 2.38. The van der Waals surface area contributed by atoms with E-state index in [4.69, 9.17) is 4.84 Å². The van der Waals surface area contributed by atoms with Crippen LogP contribution in [0.5, 0.6) is 0 Å². The van der Waals surface area contributed by atoms with Crippen molar-refractivity contribution in [2.24, 2.45) is 5.16 Å². The van der Waals surface area contributed by atoms with Crippen molar-refractivity contribution in [3.63, 3.8) is 0 Å². The van der Waals surface area contributed by atoms with E-state index in [0.29, 0.717) is 11.0 Å². The highest BCUT2D eigenvalue weighted by atomic mass is 32.2.